The van der Waals surface area contributed by atoms with E-state index in [0.717, 1.165) is 26.1 Å². The number of rotatable bonds is 4. The number of hydrogen-bond donors (Lipinski definition) is 1. The highest BCUT2D eigenvalue weighted by Gasteiger charge is 2.13. The molecule has 0 aliphatic heterocycles. The van der Waals surface area contributed by atoms with E-state index in [9.17, 15) is 4.79 Å². The second-order valence-corrected chi connectivity index (χ2v) is 7.75. The number of anilines is 1. The maximum atomic E-state index is 12.4. The lowest BCUT2D eigenvalue weighted by molar-refractivity contribution is 0.103. The third-order valence-corrected chi connectivity index (χ3v) is 6.12. The fraction of sp³-hybridized carbons (Fsp3) is 0. The molecule has 4 nitrogen and oxygen atoms in total. The number of thiazole rings is 2. The number of nitrogens with zero attached hydrogens (tertiary/aromatic N) is 2. The van der Waals surface area contributed by atoms with Crippen LogP contribution in [0, 0.1) is 0 Å². The predicted molar refractivity (Wildman–Crippen MR) is 101 cm³/mol. The third kappa shape index (κ3) is 3.14. The van der Waals surface area contributed by atoms with Gasteiger partial charge in [0.2, 0.25) is 0 Å². The molecule has 1 N–H and O–H groups in total. The summed E-state index contributed by atoms with van der Waals surface area (Å²) in [7, 11) is 0. The van der Waals surface area contributed by atoms with E-state index in [1.807, 2.05) is 47.2 Å². The largest absolute Gasteiger partial charge is 0.321 e. The topological polar surface area (TPSA) is 54.9 Å². The third-order valence-electron chi connectivity index (χ3n) is 3.26. The molecular formula is C17H11N3OS3. The average Bonchev–Trinajstić information content (AvgIpc) is 3.36. The van der Waals surface area contributed by atoms with Gasteiger partial charge in [-0.3, -0.25) is 4.79 Å². The first-order chi connectivity index (χ1) is 11.8. The van der Waals surface area contributed by atoms with E-state index in [1.54, 1.807) is 35.1 Å². The van der Waals surface area contributed by atoms with Crippen LogP contribution in [0.5, 0.6) is 0 Å². The van der Waals surface area contributed by atoms with Crippen LogP contribution in [0.25, 0.3) is 20.5 Å². The van der Waals surface area contributed by atoms with Crippen molar-refractivity contribution >= 4 is 45.6 Å². The lowest BCUT2D eigenvalue weighted by Crippen LogP contribution is -2.10. The molecule has 0 aliphatic rings. The summed E-state index contributed by atoms with van der Waals surface area (Å²) in [6.45, 7) is 0. The average molecular weight is 369 g/mol. The summed E-state index contributed by atoms with van der Waals surface area (Å²) in [6.07, 6.45) is 3.40. The van der Waals surface area contributed by atoms with Crippen molar-refractivity contribution in [3.8, 4) is 20.5 Å². The summed E-state index contributed by atoms with van der Waals surface area (Å²) >= 11 is 4.58. The molecular weight excluding hydrogens is 358 g/mol. The Hall–Kier alpha value is -2.35. The van der Waals surface area contributed by atoms with Gasteiger partial charge in [0.1, 0.15) is 14.9 Å². The van der Waals surface area contributed by atoms with E-state index < -0.39 is 0 Å². The summed E-state index contributed by atoms with van der Waals surface area (Å²) in [5.41, 5.74) is 1.74. The second-order valence-electron chi connectivity index (χ2n) is 4.88. The van der Waals surface area contributed by atoms with E-state index in [1.165, 1.54) is 11.3 Å². The minimum atomic E-state index is -0.147. The quantitative estimate of drug-likeness (QED) is 0.535. The Balaban J connectivity index is 1.53. The summed E-state index contributed by atoms with van der Waals surface area (Å²) in [5.74, 6) is -0.147. The van der Waals surface area contributed by atoms with Crippen LogP contribution in [0.1, 0.15) is 9.67 Å². The molecule has 4 aromatic rings. The highest BCUT2D eigenvalue weighted by Crippen LogP contribution is 2.29. The Bertz CT molecular complexity index is 959. The molecule has 0 atom stereocenters. The molecule has 0 spiro atoms. The maximum Gasteiger partial charge on any atom is 0.267 e. The minimum Gasteiger partial charge on any atom is -0.321 e. The Morgan fingerprint density at radius 1 is 1.00 bits per heavy atom. The number of hydrogen-bond acceptors (Lipinski definition) is 6. The lowest BCUT2D eigenvalue weighted by atomic mass is 10.2. The van der Waals surface area contributed by atoms with Gasteiger partial charge >= 0.3 is 0 Å². The molecule has 0 radical (unpaired) electrons. The van der Waals surface area contributed by atoms with Crippen molar-refractivity contribution in [2.45, 2.75) is 0 Å². The molecule has 0 aliphatic carbocycles. The van der Waals surface area contributed by atoms with Gasteiger partial charge in [-0.2, -0.15) is 0 Å². The molecule has 1 aromatic carbocycles. The minimum absolute atomic E-state index is 0.147. The van der Waals surface area contributed by atoms with E-state index in [4.69, 9.17) is 0 Å². The number of aromatic nitrogens is 2. The van der Waals surface area contributed by atoms with E-state index >= 15 is 0 Å². The van der Waals surface area contributed by atoms with Crippen molar-refractivity contribution in [2.75, 3.05) is 5.32 Å². The van der Waals surface area contributed by atoms with Gasteiger partial charge in [0.05, 0.1) is 11.1 Å². The summed E-state index contributed by atoms with van der Waals surface area (Å²) in [6, 6.07) is 11.7. The second kappa shape index (κ2) is 6.64. The van der Waals surface area contributed by atoms with Crippen molar-refractivity contribution in [1.29, 1.82) is 0 Å². The van der Waals surface area contributed by atoms with Crippen molar-refractivity contribution < 1.29 is 4.79 Å². The Morgan fingerprint density at radius 3 is 2.75 bits per heavy atom. The molecule has 7 heteroatoms. The first-order valence-corrected chi connectivity index (χ1v) is 9.68. The van der Waals surface area contributed by atoms with E-state index in [-0.39, 0.29) is 5.91 Å². The first kappa shape index (κ1) is 15.2. The zero-order chi connectivity index (χ0) is 16.4. The van der Waals surface area contributed by atoms with Gasteiger partial charge in [-0.05, 0) is 23.6 Å². The number of thiophene rings is 1. The van der Waals surface area contributed by atoms with Crippen LogP contribution in [0.4, 0.5) is 5.69 Å². The predicted octanol–water partition coefficient (Wildman–Crippen LogP) is 5.25. The number of benzene rings is 1. The van der Waals surface area contributed by atoms with Gasteiger partial charge in [-0.1, -0.05) is 18.2 Å². The number of amides is 1. The molecule has 0 fully saturated rings. The molecule has 1 amide bonds. The van der Waals surface area contributed by atoms with Gasteiger partial charge < -0.3 is 5.32 Å². The smallest absolute Gasteiger partial charge is 0.267 e. The lowest BCUT2D eigenvalue weighted by Gasteiger charge is -2.04. The fourth-order valence-corrected chi connectivity index (χ4v) is 4.43. The van der Waals surface area contributed by atoms with Crippen LogP contribution in [0.3, 0.4) is 0 Å². The van der Waals surface area contributed by atoms with E-state index in [2.05, 4.69) is 15.3 Å². The highest BCUT2D eigenvalue weighted by atomic mass is 32.1. The maximum absolute atomic E-state index is 12.4. The molecule has 4 rings (SSSR count). The van der Waals surface area contributed by atoms with Crippen molar-refractivity contribution in [1.82, 2.24) is 9.97 Å². The molecule has 3 heterocycles. The van der Waals surface area contributed by atoms with Crippen LogP contribution in [0.15, 0.2) is 59.6 Å². The Kier molecular flexibility index (Phi) is 4.20. The number of carbonyl (C=O) groups excluding carboxylic acids is 1. The van der Waals surface area contributed by atoms with Gasteiger partial charge in [-0.25, -0.2) is 9.97 Å². The van der Waals surface area contributed by atoms with Crippen LogP contribution >= 0.6 is 34.0 Å². The molecule has 3 aromatic heterocycles. The standard InChI is InChI=1S/C17H11N3OS3/c21-15(14-10-19-17(24-14)13-5-2-7-22-13)20-12-4-1-3-11(9-12)16-18-6-8-23-16/h1-10H,(H,20,21). The first-order valence-electron chi connectivity index (χ1n) is 7.10. The van der Waals surface area contributed by atoms with Crippen LogP contribution in [0.2, 0.25) is 0 Å². The Morgan fingerprint density at radius 2 is 1.96 bits per heavy atom. The van der Waals surface area contributed by atoms with Crippen molar-refractivity contribution in [3.05, 3.63) is 64.4 Å². The number of carbonyl (C=O) groups is 1. The molecule has 24 heavy (non-hydrogen) atoms. The van der Waals surface area contributed by atoms with Crippen LogP contribution in [-0.4, -0.2) is 15.9 Å². The van der Waals surface area contributed by atoms with E-state index in [0.29, 0.717) is 4.88 Å². The summed E-state index contributed by atoms with van der Waals surface area (Å²) in [4.78, 5) is 22.7. The number of nitrogens with one attached hydrogen (secondary N) is 1. The Labute approximate surface area is 150 Å². The molecule has 118 valence electrons. The van der Waals surface area contributed by atoms with Gasteiger partial charge in [0, 0.05) is 22.8 Å². The summed E-state index contributed by atoms with van der Waals surface area (Å²) in [5, 5.41) is 8.67. The SMILES string of the molecule is O=C(Nc1cccc(-c2nccs2)c1)c1cnc(-c2cccs2)s1. The zero-order valence-corrected chi connectivity index (χ0v) is 14.8. The molecule has 0 saturated heterocycles. The van der Waals surface area contributed by atoms with Crippen LogP contribution < -0.4 is 5.32 Å². The van der Waals surface area contributed by atoms with Gasteiger partial charge in [0.15, 0.2) is 0 Å². The molecule has 0 unspecified atom stereocenters. The highest BCUT2D eigenvalue weighted by molar-refractivity contribution is 7.22. The van der Waals surface area contributed by atoms with Crippen LogP contribution in [-0.2, 0) is 0 Å². The van der Waals surface area contributed by atoms with Gasteiger partial charge in [0.25, 0.3) is 5.91 Å². The normalized spacial score (nSPS) is 10.7. The van der Waals surface area contributed by atoms with Crippen molar-refractivity contribution in [2.24, 2.45) is 0 Å². The van der Waals surface area contributed by atoms with Crippen molar-refractivity contribution in [3.63, 3.8) is 0 Å². The molecule has 0 bridgehead atoms. The monoisotopic (exact) mass is 369 g/mol. The summed E-state index contributed by atoms with van der Waals surface area (Å²) < 4.78 is 0. The zero-order valence-electron chi connectivity index (χ0n) is 12.3. The molecule has 0 saturated carbocycles. The van der Waals surface area contributed by atoms with Gasteiger partial charge in [-0.15, -0.1) is 34.0 Å². The fourth-order valence-electron chi connectivity index (χ4n) is 2.18.